The van der Waals surface area contributed by atoms with Gasteiger partial charge in [0.1, 0.15) is 11.9 Å². The molecule has 30 heavy (non-hydrogen) atoms. The fraction of sp³-hybridized carbons (Fsp3) is 0.375. The molecule has 3 aliphatic rings. The first-order valence-electron chi connectivity index (χ1n) is 10.5. The predicted molar refractivity (Wildman–Crippen MR) is 120 cm³/mol. The highest BCUT2D eigenvalue weighted by atomic mass is 32.1. The number of anilines is 1. The summed E-state index contributed by atoms with van der Waals surface area (Å²) in [5, 5.41) is 6.58. The highest BCUT2D eigenvalue weighted by molar-refractivity contribution is 7.17. The summed E-state index contributed by atoms with van der Waals surface area (Å²) in [6, 6.07) is 15.3. The van der Waals surface area contributed by atoms with E-state index in [1.54, 1.807) is 18.4 Å². The van der Waals surface area contributed by atoms with Crippen LogP contribution in [0.15, 0.2) is 53.9 Å². The lowest BCUT2D eigenvalue weighted by atomic mass is 9.86. The van der Waals surface area contributed by atoms with E-state index < -0.39 is 6.04 Å². The fourth-order valence-corrected chi connectivity index (χ4v) is 5.61. The molecule has 1 N–H and O–H groups in total. The van der Waals surface area contributed by atoms with Crippen LogP contribution >= 0.6 is 11.3 Å². The predicted octanol–water partition coefficient (Wildman–Crippen LogP) is 4.70. The third-order valence-corrected chi connectivity index (χ3v) is 7.28. The van der Waals surface area contributed by atoms with E-state index >= 15 is 0 Å². The zero-order chi connectivity index (χ0) is 20.5. The van der Waals surface area contributed by atoms with Gasteiger partial charge in [-0.3, -0.25) is 4.90 Å². The average Bonchev–Trinajstić information content (AvgIpc) is 3.22. The van der Waals surface area contributed by atoms with E-state index in [9.17, 15) is 4.79 Å². The van der Waals surface area contributed by atoms with Gasteiger partial charge in [-0.2, -0.15) is 0 Å². The minimum Gasteiger partial charge on any atom is -0.497 e. The first-order chi connectivity index (χ1) is 14.7. The zero-order valence-electron chi connectivity index (χ0n) is 17.0. The van der Waals surface area contributed by atoms with E-state index in [0.717, 1.165) is 54.9 Å². The molecule has 0 saturated carbocycles. The number of hydrogen-bond donors (Lipinski definition) is 1. The van der Waals surface area contributed by atoms with Gasteiger partial charge in [0.05, 0.1) is 7.11 Å². The molecule has 1 unspecified atom stereocenters. The van der Waals surface area contributed by atoms with Crippen LogP contribution in [0.1, 0.15) is 24.4 Å². The minimum absolute atomic E-state index is 0.0143. The van der Waals surface area contributed by atoms with Crippen LogP contribution in [-0.4, -0.2) is 43.7 Å². The SMILES string of the molecule is COc1cccc(NC(C(=O)O[C@H]2CN3CCC2CC3)c2csc3ccccc23)c1. The smallest absolute Gasteiger partial charge is 0.333 e. The second-order valence-electron chi connectivity index (χ2n) is 8.11. The molecule has 0 spiro atoms. The molecule has 2 aromatic carbocycles. The number of carbonyl (C=O) groups is 1. The molecule has 3 aromatic rings. The Hall–Kier alpha value is -2.57. The largest absolute Gasteiger partial charge is 0.497 e. The van der Waals surface area contributed by atoms with E-state index in [1.165, 1.54) is 4.70 Å². The molecule has 3 aliphatic heterocycles. The molecule has 2 atom stereocenters. The second kappa shape index (κ2) is 8.28. The molecule has 156 valence electrons. The molecule has 6 heteroatoms. The van der Waals surface area contributed by atoms with Gasteiger partial charge in [0.2, 0.25) is 0 Å². The van der Waals surface area contributed by atoms with Crippen LogP contribution in [0.5, 0.6) is 5.75 Å². The number of methoxy groups -OCH3 is 1. The van der Waals surface area contributed by atoms with E-state index in [4.69, 9.17) is 9.47 Å². The molecule has 0 aliphatic carbocycles. The van der Waals surface area contributed by atoms with Crippen molar-refractivity contribution in [3.8, 4) is 5.75 Å². The highest BCUT2D eigenvalue weighted by Crippen LogP contribution is 2.35. The molecular formula is C24H26N2O3S. The van der Waals surface area contributed by atoms with Crippen molar-refractivity contribution >= 4 is 33.1 Å². The number of thiophene rings is 1. The Bertz CT molecular complexity index is 1040. The number of nitrogens with zero attached hydrogens (tertiary/aromatic N) is 1. The van der Waals surface area contributed by atoms with E-state index in [-0.39, 0.29) is 12.1 Å². The minimum atomic E-state index is -0.566. The lowest BCUT2D eigenvalue weighted by Gasteiger charge is -2.44. The van der Waals surface area contributed by atoms with Crippen LogP contribution in [0.2, 0.25) is 0 Å². The third kappa shape index (κ3) is 3.77. The number of esters is 1. The summed E-state index contributed by atoms with van der Waals surface area (Å²) in [6.45, 7) is 3.10. The molecule has 2 bridgehead atoms. The van der Waals surface area contributed by atoms with Crippen LogP contribution < -0.4 is 10.1 Å². The molecule has 4 heterocycles. The maximum absolute atomic E-state index is 13.5. The molecule has 6 rings (SSSR count). The van der Waals surface area contributed by atoms with Crippen LogP contribution in [0.25, 0.3) is 10.1 Å². The summed E-state index contributed by atoms with van der Waals surface area (Å²) in [7, 11) is 1.64. The summed E-state index contributed by atoms with van der Waals surface area (Å²) >= 11 is 1.66. The van der Waals surface area contributed by atoms with Gasteiger partial charge < -0.3 is 14.8 Å². The number of ether oxygens (including phenoxy) is 2. The highest BCUT2D eigenvalue weighted by Gasteiger charge is 2.38. The first-order valence-corrected chi connectivity index (χ1v) is 11.4. The average molecular weight is 423 g/mol. The Morgan fingerprint density at radius 1 is 1.17 bits per heavy atom. The van der Waals surface area contributed by atoms with Crippen molar-refractivity contribution in [1.82, 2.24) is 4.90 Å². The van der Waals surface area contributed by atoms with E-state index in [0.29, 0.717) is 5.92 Å². The summed E-state index contributed by atoms with van der Waals surface area (Å²) in [6.07, 6.45) is 2.22. The Balaban J connectivity index is 1.45. The molecular weight excluding hydrogens is 396 g/mol. The van der Waals surface area contributed by atoms with Gasteiger partial charge >= 0.3 is 5.97 Å². The molecule has 0 radical (unpaired) electrons. The molecule has 3 fully saturated rings. The fourth-order valence-electron chi connectivity index (χ4n) is 4.63. The summed E-state index contributed by atoms with van der Waals surface area (Å²) in [5.74, 6) is 1.02. The van der Waals surface area contributed by atoms with Gasteiger partial charge in [-0.25, -0.2) is 4.79 Å². The van der Waals surface area contributed by atoms with Crippen molar-refractivity contribution in [3.05, 3.63) is 59.5 Å². The van der Waals surface area contributed by atoms with Crippen molar-refractivity contribution in [2.45, 2.75) is 25.0 Å². The van der Waals surface area contributed by atoms with E-state index in [1.807, 2.05) is 36.4 Å². The molecule has 0 amide bonds. The maximum Gasteiger partial charge on any atom is 0.333 e. The van der Waals surface area contributed by atoms with Crippen LogP contribution in [0.4, 0.5) is 5.69 Å². The maximum atomic E-state index is 13.5. The number of piperidine rings is 3. The topological polar surface area (TPSA) is 50.8 Å². The Kier molecular flexibility index (Phi) is 5.35. The lowest BCUT2D eigenvalue weighted by Crippen LogP contribution is -2.52. The van der Waals surface area contributed by atoms with Gasteiger partial charge in [0.15, 0.2) is 6.04 Å². The number of rotatable bonds is 6. The van der Waals surface area contributed by atoms with E-state index in [2.05, 4.69) is 27.7 Å². The Morgan fingerprint density at radius 2 is 2.00 bits per heavy atom. The standard InChI is InChI=1S/C24H26N2O3S/c1-28-18-6-4-5-17(13-18)25-23(20-15-30-22-8-3-2-7-19(20)22)24(27)29-21-14-26-11-9-16(21)10-12-26/h2-8,13,15-16,21,23,25H,9-12,14H2,1H3/t21-,23?/m0/s1. The normalized spacial score (nSPS) is 23.8. The van der Waals surface area contributed by atoms with Gasteiger partial charge in [-0.15, -0.1) is 11.3 Å². The van der Waals surface area contributed by atoms with Crippen molar-refractivity contribution in [1.29, 1.82) is 0 Å². The summed E-state index contributed by atoms with van der Waals surface area (Å²) in [4.78, 5) is 15.9. The first kappa shape index (κ1) is 19.4. The zero-order valence-corrected chi connectivity index (χ0v) is 17.9. The van der Waals surface area contributed by atoms with Crippen molar-refractivity contribution in [2.24, 2.45) is 5.92 Å². The van der Waals surface area contributed by atoms with Crippen LogP contribution in [-0.2, 0) is 9.53 Å². The van der Waals surface area contributed by atoms with Gasteiger partial charge in [0.25, 0.3) is 0 Å². The number of hydrogen-bond acceptors (Lipinski definition) is 6. The molecule has 5 nitrogen and oxygen atoms in total. The molecule has 1 aromatic heterocycles. The van der Waals surface area contributed by atoms with Crippen LogP contribution in [0, 0.1) is 5.92 Å². The quantitative estimate of drug-likeness (QED) is 0.584. The summed E-state index contributed by atoms with van der Waals surface area (Å²) < 4.78 is 12.6. The number of fused-ring (bicyclic) bond motifs is 4. The Labute approximate surface area is 180 Å². The van der Waals surface area contributed by atoms with Crippen molar-refractivity contribution < 1.29 is 14.3 Å². The third-order valence-electron chi connectivity index (χ3n) is 6.30. The second-order valence-corrected chi connectivity index (χ2v) is 9.02. The molecule has 3 saturated heterocycles. The van der Waals surface area contributed by atoms with Gasteiger partial charge in [-0.1, -0.05) is 24.3 Å². The van der Waals surface area contributed by atoms with Crippen molar-refractivity contribution in [2.75, 3.05) is 32.1 Å². The summed E-state index contributed by atoms with van der Waals surface area (Å²) in [5.41, 5.74) is 1.80. The van der Waals surface area contributed by atoms with Crippen molar-refractivity contribution in [3.63, 3.8) is 0 Å². The van der Waals surface area contributed by atoms with Gasteiger partial charge in [-0.05, 0) is 60.8 Å². The monoisotopic (exact) mass is 422 g/mol. The number of benzene rings is 2. The Morgan fingerprint density at radius 3 is 2.77 bits per heavy atom. The number of carbonyl (C=O) groups excluding carboxylic acids is 1. The number of nitrogens with one attached hydrogen (secondary N) is 1. The lowest BCUT2D eigenvalue weighted by molar-refractivity contribution is -0.159. The van der Waals surface area contributed by atoms with Crippen LogP contribution in [0.3, 0.4) is 0 Å². The van der Waals surface area contributed by atoms with Gasteiger partial charge in [0, 0.05) is 28.6 Å².